The number of nitrogens with zero attached hydrogens (tertiary/aromatic N) is 1. The molecule has 2 heterocycles. The zero-order valence-corrected chi connectivity index (χ0v) is 31.3. The molecule has 0 saturated heterocycles. The molecule has 2 atom stereocenters. The molecule has 0 amide bonds. The van der Waals surface area contributed by atoms with Gasteiger partial charge in [-0.1, -0.05) is 182 Å². The molecule has 1 N–H and O–H groups in total. The molecule has 0 spiro atoms. The van der Waals surface area contributed by atoms with Gasteiger partial charge in [0.1, 0.15) is 0 Å². The molecule has 2 aliphatic rings. The molecule has 268 valence electrons. The molecule has 7 aromatic carbocycles. The first-order chi connectivity index (χ1) is 27.7. The predicted molar refractivity (Wildman–Crippen MR) is 236 cm³/mol. The molecule has 0 radical (unpaired) electrons. The van der Waals surface area contributed by atoms with Crippen molar-refractivity contribution >= 4 is 32.8 Å². The monoisotopic (exact) mass is 718 g/mol. The van der Waals surface area contributed by atoms with Gasteiger partial charge in [-0.15, -0.1) is 0 Å². The molecule has 2 unspecified atom stereocenters. The zero-order chi connectivity index (χ0) is 37.3. The first-order valence-corrected chi connectivity index (χ1v) is 19.8. The number of rotatable bonds is 7. The Kier molecular flexibility index (Phi) is 9.03. The summed E-state index contributed by atoms with van der Waals surface area (Å²) in [5.74, 6) is 0. The van der Waals surface area contributed by atoms with Gasteiger partial charge in [0.2, 0.25) is 0 Å². The van der Waals surface area contributed by atoms with Crippen LogP contribution in [0.25, 0.3) is 66.2 Å². The summed E-state index contributed by atoms with van der Waals surface area (Å²) in [7, 11) is 0. The quantitative estimate of drug-likeness (QED) is 0.166. The van der Waals surface area contributed by atoms with E-state index < -0.39 is 0 Å². The second-order valence-corrected chi connectivity index (χ2v) is 15.0. The van der Waals surface area contributed by atoms with Crippen LogP contribution in [0.2, 0.25) is 0 Å². The van der Waals surface area contributed by atoms with Gasteiger partial charge in [0.25, 0.3) is 0 Å². The normalized spacial score (nSPS) is 16.8. The Morgan fingerprint density at radius 3 is 1.91 bits per heavy atom. The fourth-order valence-corrected chi connectivity index (χ4v) is 8.69. The van der Waals surface area contributed by atoms with E-state index in [0.29, 0.717) is 0 Å². The summed E-state index contributed by atoms with van der Waals surface area (Å²) in [4.78, 5) is 5.39. The lowest BCUT2D eigenvalue weighted by atomic mass is 9.86. The van der Waals surface area contributed by atoms with Crippen molar-refractivity contribution in [3.63, 3.8) is 0 Å². The van der Waals surface area contributed by atoms with Crippen LogP contribution < -0.4 is 5.32 Å². The van der Waals surface area contributed by atoms with E-state index in [1.165, 1.54) is 77.4 Å². The van der Waals surface area contributed by atoms with Crippen LogP contribution in [0.5, 0.6) is 0 Å². The molecule has 0 saturated carbocycles. The third-order valence-corrected chi connectivity index (χ3v) is 11.5. The fraction of sp³-hybridized carbons (Fsp3) is 0.0926. The van der Waals surface area contributed by atoms with Crippen LogP contribution in [0.15, 0.2) is 200 Å². The van der Waals surface area contributed by atoms with Crippen molar-refractivity contribution in [3.05, 3.63) is 223 Å². The number of allylic oxidation sites excluding steroid dienone is 4. The number of nitrogens with one attached hydrogen (secondary N) is 1. The number of fused-ring (bicyclic) bond motifs is 3. The molecule has 2 heteroatoms. The van der Waals surface area contributed by atoms with Crippen LogP contribution in [0, 0.1) is 0 Å². The molecule has 56 heavy (non-hydrogen) atoms. The van der Waals surface area contributed by atoms with E-state index in [1.54, 1.807) is 0 Å². The minimum atomic E-state index is 0.0576. The van der Waals surface area contributed by atoms with Gasteiger partial charge in [-0.25, -0.2) is 4.98 Å². The highest BCUT2D eigenvalue weighted by Gasteiger charge is 2.25. The molecule has 1 aromatic heterocycles. The first-order valence-electron chi connectivity index (χ1n) is 19.8. The van der Waals surface area contributed by atoms with Crippen LogP contribution >= 0.6 is 0 Å². The SMILES string of the molecule is C1=CCCC(c2cc(-c3ccccc3)c3c(cc(-c4ccc(C5C=C(c6cccc(-c7ccccc7)c6)CC(c6ccccc6)N5)cc4)c4ccccc43)n2)=C1. The molecular formula is C54H42N2. The molecule has 1 aliphatic carbocycles. The lowest BCUT2D eigenvalue weighted by Crippen LogP contribution is -2.29. The lowest BCUT2D eigenvalue weighted by molar-refractivity contribution is 0.483. The first kappa shape index (κ1) is 33.9. The van der Waals surface area contributed by atoms with Crippen molar-refractivity contribution < 1.29 is 0 Å². The van der Waals surface area contributed by atoms with E-state index in [-0.39, 0.29) is 12.1 Å². The molecule has 2 nitrogen and oxygen atoms in total. The van der Waals surface area contributed by atoms with Crippen molar-refractivity contribution in [1.29, 1.82) is 0 Å². The van der Waals surface area contributed by atoms with Gasteiger partial charge in [-0.3, -0.25) is 5.32 Å². The third-order valence-electron chi connectivity index (χ3n) is 11.5. The summed E-state index contributed by atoms with van der Waals surface area (Å²) in [6.07, 6.45) is 12.0. The van der Waals surface area contributed by atoms with Crippen molar-refractivity contribution in [2.75, 3.05) is 0 Å². The number of benzene rings is 7. The van der Waals surface area contributed by atoms with Gasteiger partial charge in [0.15, 0.2) is 0 Å². The van der Waals surface area contributed by atoms with E-state index in [4.69, 9.17) is 4.98 Å². The Bertz CT molecular complexity index is 2780. The second kappa shape index (κ2) is 14.9. The van der Waals surface area contributed by atoms with Crippen molar-refractivity contribution in [2.24, 2.45) is 0 Å². The summed E-state index contributed by atoms with van der Waals surface area (Å²) in [6, 6.07) is 64.3. The van der Waals surface area contributed by atoms with E-state index in [9.17, 15) is 0 Å². The summed E-state index contributed by atoms with van der Waals surface area (Å²) in [6.45, 7) is 0. The Labute approximate surface area is 329 Å². The smallest absolute Gasteiger partial charge is 0.0728 e. The summed E-state index contributed by atoms with van der Waals surface area (Å²) in [5, 5.41) is 7.67. The van der Waals surface area contributed by atoms with Gasteiger partial charge >= 0.3 is 0 Å². The van der Waals surface area contributed by atoms with E-state index >= 15 is 0 Å². The lowest BCUT2D eigenvalue weighted by Gasteiger charge is -2.31. The second-order valence-electron chi connectivity index (χ2n) is 15.0. The molecule has 0 fully saturated rings. The highest BCUT2D eigenvalue weighted by atomic mass is 15.0. The van der Waals surface area contributed by atoms with Crippen molar-refractivity contribution in [1.82, 2.24) is 10.3 Å². The summed E-state index contributed by atoms with van der Waals surface area (Å²) >= 11 is 0. The van der Waals surface area contributed by atoms with E-state index in [1.807, 2.05) is 0 Å². The predicted octanol–water partition coefficient (Wildman–Crippen LogP) is 14.0. The van der Waals surface area contributed by atoms with Gasteiger partial charge in [0.05, 0.1) is 17.3 Å². The minimum Gasteiger partial charge on any atom is -0.299 e. The average molecular weight is 719 g/mol. The van der Waals surface area contributed by atoms with Crippen LogP contribution in [0.1, 0.15) is 53.7 Å². The highest BCUT2D eigenvalue weighted by Crippen LogP contribution is 2.42. The van der Waals surface area contributed by atoms with E-state index in [2.05, 4.69) is 206 Å². The maximum Gasteiger partial charge on any atom is 0.0728 e. The number of pyridine rings is 1. The number of hydrogen-bond donors (Lipinski definition) is 1. The largest absolute Gasteiger partial charge is 0.299 e. The van der Waals surface area contributed by atoms with Crippen LogP contribution in [-0.2, 0) is 0 Å². The van der Waals surface area contributed by atoms with Crippen LogP contribution in [0.3, 0.4) is 0 Å². The topological polar surface area (TPSA) is 24.9 Å². The Hall–Kier alpha value is -6.61. The molecular weight excluding hydrogens is 677 g/mol. The maximum absolute atomic E-state index is 5.39. The van der Waals surface area contributed by atoms with Crippen molar-refractivity contribution in [2.45, 2.75) is 31.3 Å². The van der Waals surface area contributed by atoms with Crippen molar-refractivity contribution in [3.8, 4) is 33.4 Å². The van der Waals surface area contributed by atoms with Gasteiger partial charge in [0, 0.05) is 11.4 Å². The Morgan fingerprint density at radius 2 is 1.16 bits per heavy atom. The van der Waals surface area contributed by atoms with Crippen LogP contribution in [0.4, 0.5) is 0 Å². The summed E-state index contributed by atoms with van der Waals surface area (Å²) < 4.78 is 0. The highest BCUT2D eigenvalue weighted by molar-refractivity contribution is 6.18. The standard InChI is InChI=1S/C54H42N2/c1-5-16-37(17-6-1)43-24-15-25-44(32-43)45-33-50(40-20-9-3-10-21-40)55-51(34-45)42-30-28-39(29-31-42)48-35-53-54(47-27-14-13-26-46(47)48)49(38-18-7-2-8-19-38)36-52(56-53)41-22-11-4-12-23-41/h1-11,13-22,24-32,34-36,50-51,55H,12,23,33H2. The van der Waals surface area contributed by atoms with Gasteiger partial charge in [-0.2, -0.15) is 0 Å². The maximum atomic E-state index is 5.39. The van der Waals surface area contributed by atoms with Gasteiger partial charge in [-0.05, 0) is 109 Å². The molecule has 0 bridgehead atoms. The molecule has 8 aromatic rings. The third kappa shape index (κ3) is 6.59. The average Bonchev–Trinajstić information content (AvgIpc) is 3.29. The Morgan fingerprint density at radius 1 is 0.500 bits per heavy atom. The van der Waals surface area contributed by atoms with Gasteiger partial charge < -0.3 is 0 Å². The number of aromatic nitrogens is 1. The molecule has 10 rings (SSSR count). The fourth-order valence-electron chi connectivity index (χ4n) is 8.69. The zero-order valence-electron chi connectivity index (χ0n) is 31.3. The minimum absolute atomic E-state index is 0.0576. The van der Waals surface area contributed by atoms with Crippen LogP contribution in [-0.4, -0.2) is 4.98 Å². The Balaban J connectivity index is 1.07. The molecule has 1 aliphatic heterocycles. The summed E-state index contributed by atoms with van der Waals surface area (Å²) in [5.41, 5.74) is 15.9. The van der Waals surface area contributed by atoms with E-state index in [0.717, 1.165) is 30.5 Å². The number of hydrogen-bond acceptors (Lipinski definition) is 2.